The monoisotopic (exact) mass is 454 g/mol. The molecule has 1 amide bonds. The molecule has 6 nitrogen and oxygen atoms in total. The van der Waals surface area contributed by atoms with E-state index in [0.29, 0.717) is 35.5 Å². The number of carbonyl (C=O) groups excluding carboxylic acids is 2. The van der Waals surface area contributed by atoms with E-state index in [9.17, 15) is 22.8 Å². The molecule has 2 heterocycles. The lowest BCUT2D eigenvalue weighted by Gasteiger charge is -2.15. The molecule has 9 heteroatoms. The topological polar surface area (TPSA) is 84.0 Å². The van der Waals surface area contributed by atoms with Crippen LogP contribution in [-0.4, -0.2) is 21.7 Å². The van der Waals surface area contributed by atoms with Crippen LogP contribution in [0, 0.1) is 6.92 Å². The number of hydrogen-bond donors (Lipinski definition) is 2. The summed E-state index contributed by atoms with van der Waals surface area (Å²) in [5.74, 6) is 0.338. The van der Waals surface area contributed by atoms with Gasteiger partial charge in [0.25, 0.3) is 0 Å². The van der Waals surface area contributed by atoms with Gasteiger partial charge < -0.3 is 10.6 Å². The first-order valence-corrected chi connectivity index (χ1v) is 10.3. The van der Waals surface area contributed by atoms with Crippen molar-refractivity contribution in [3.05, 3.63) is 70.7 Å². The van der Waals surface area contributed by atoms with Crippen molar-refractivity contribution < 1.29 is 22.8 Å². The van der Waals surface area contributed by atoms with E-state index < -0.39 is 11.9 Å². The summed E-state index contributed by atoms with van der Waals surface area (Å²) in [5.41, 5.74) is 4.33. The summed E-state index contributed by atoms with van der Waals surface area (Å²) in [6, 6.07) is 7.79. The van der Waals surface area contributed by atoms with Crippen molar-refractivity contribution >= 4 is 23.2 Å². The fourth-order valence-corrected chi connectivity index (χ4v) is 3.96. The number of amides is 1. The van der Waals surface area contributed by atoms with Crippen molar-refractivity contribution in [2.24, 2.45) is 0 Å². The SMILES string of the molecule is CC(=O)Nc1ccc(-c2cnc(NCc3ccc(C(F)(F)F)nc3)cc2C)c2c1C(=O)CC2. The van der Waals surface area contributed by atoms with Crippen LogP contribution in [-0.2, 0) is 23.9 Å². The van der Waals surface area contributed by atoms with E-state index in [1.807, 2.05) is 19.1 Å². The Morgan fingerprint density at radius 2 is 1.85 bits per heavy atom. The summed E-state index contributed by atoms with van der Waals surface area (Å²) in [6.07, 6.45) is -0.581. The zero-order chi connectivity index (χ0) is 23.8. The number of rotatable bonds is 5. The number of ketones is 1. The number of nitrogens with zero attached hydrogens (tertiary/aromatic N) is 2. The fraction of sp³-hybridized carbons (Fsp3) is 0.250. The molecule has 2 N–H and O–H groups in total. The first kappa shape index (κ1) is 22.4. The Hall–Kier alpha value is -3.75. The Labute approximate surface area is 188 Å². The number of pyridine rings is 2. The number of nitrogens with one attached hydrogen (secondary N) is 2. The zero-order valence-corrected chi connectivity index (χ0v) is 18.0. The molecule has 0 radical (unpaired) electrons. The molecule has 170 valence electrons. The second kappa shape index (κ2) is 8.65. The summed E-state index contributed by atoms with van der Waals surface area (Å²) in [5, 5.41) is 5.82. The minimum absolute atomic E-state index is 0.00431. The van der Waals surface area contributed by atoms with Crippen LogP contribution in [0.25, 0.3) is 11.1 Å². The Bertz CT molecular complexity index is 1240. The normalized spacial score (nSPS) is 13.1. The summed E-state index contributed by atoms with van der Waals surface area (Å²) >= 11 is 0. The van der Waals surface area contributed by atoms with Gasteiger partial charge in [-0.05, 0) is 53.8 Å². The number of aryl methyl sites for hydroxylation is 1. The highest BCUT2D eigenvalue weighted by Gasteiger charge is 2.32. The Morgan fingerprint density at radius 3 is 2.48 bits per heavy atom. The van der Waals surface area contributed by atoms with Crippen LogP contribution in [0.4, 0.5) is 24.7 Å². The molecule has 0 fully saturated rings. The van der Waals surface area contributed by atoms with E-state index in [1.54, 1.807) is 12.3 Å². The van der Waals surface area contributed by atoms with E-state index >= 15 is 0 Å². The van der Waals surface area contributed by atoms with Gasteiger partial charge in [0.1, 0.15) is 11.5 Å². The van der Waals surface area contributed by atoms with Gasteiger partial charge >= 0.3 is 6.18 Å². The largest absolute Gasteiger partial charge is 0.433 e. The summed E-state index contributed by atoms with van der Waals surface area (Å²) in [7, 11) is 0. The van der Waals surface area contributed by atoms with E-state index in [2.05, 4.69) is 20.6 Å². The van der Waals surface area contributed by atoms with Crippen LogP contribution in [0.2, 0.25) is 0 Å². The summed E-state index contributed by atoms with van der Waals surface area (Å²) in [6.45, 7) is 3.60. The molecule has 1 aromatic carbocycles. The van der Waals surface area contributed by atoms with E-state index in [-0.39, 0.29) is 18.2 Å². The van der Waals surface area contributed by atoms with Gasteiger partial charge in [-0.1, -0.05) is 12.1 Å². The van der Waals surface area contributed by atoms with E-state index in [0.717, 1.165) is 28.3 Å². The minimum Gasteiger partial charge on any atom is -0.366 e. The van der Waals surface area contributed by atoms with Crippen molar-refractivity contribution in [1.82, 2.24) is 9.97 Å². The number of alkyl halides is 3. The molecule has 2 aromatic heterocycles. The smallest absolute Gasteiger partial charge is 0.366 e. The second-order valence-electron chi connectivity index (χ2n) is 7.91. The predicted molar refractivity (Wildman–Crippen MR) is 118 cm³/mol. The lowest BCUT2D eigenvalue weighted by atomic mass is 9.94. The second-order valence-corrected chi connectivity index (χ2v) is 7.91. The van der Waals surface area contributed by atoms with Gasteiger partial charge in [0.05, 0.1) is 5.69 Å². The van der Waals surface area contributed by atoms with Crippen molar-refractivity contribution in [2.75, 3.05) is 10.6 Å². The van der Waals surface area contributed by atoms with Crippen molar-refractivity contribution in [1.29, 1.82) is 0 Å². The van der Waals surface area contributed by atoms with Gasteiger partial charge in [-0.3, -0.25) is 14.6 Å². The number of hydrogen-bond acceptors (Lipinski definition) is 5. The highest BCUT2D eigenvalue weighted by atomic mass is 19.4. The van der Waals surface area contributed by atoms with E-state index in [4.69, 9.17) is 0 Å². The fourth-order valence-electron chi connectivity index (χ4n) is 3.96. The molecule has 0 spiro atoms. The number of carbonyl (C=O) groups is 2. The number of benzene rings is 1. The number of anilines is 2. The van der Waals surface area contributed by atoms with Gasteiger partial charge in [0, 0.05) is 43.4 Å². The van der Waals surface area contributed by atoms with Crippen LogP contribution in [0.1, 0.15) is 46.1 Å². The van der Waals surface area contributed by atoms with Crippen LogP contribution in [0.15, 0.2) is 42.7 Å². The first-order valence-electron chi connectivity index (χ1n) is 10.3. The van der Waals surface area contributed by atoms with Crippen molar-refractivity contribution in [2.45, 2.75) is 39.4 Å². The number of halogens is 3. The lowest BCUT2D eigenvalue weighted by molar-refractivity contribution is -0.141. The van der Waals surface area contributed by atoms with Crippen LogP contribution in [0.5, 0.6) is 0 Å². The minimum atomic E-state index is -4.47. The number of fused-ring (bicyclic) bond motifs is 1. The number of aromatic nitrogens is 2. The van der Waals surface area contributed by atoms with Crippen LogP contribution < -0.4 is 10.6 Å². The Balaban J connectivity index is 1.55. The number of Topliss-reactive ketones (excluding diaryl/α,β-unsaturated/α-hetero) is 1. The summed E-state index contributed by atoms with van der Waals surface area (Å²) in [4.78, 5) is 31.8. The maximum Gasteiger partial charge on any atom is 0.433 e. The maximum absolute atomic E-state index is 12.6. The zero-order valence-electron chi connectivity index (χ0n) is 18.0. The molecule has 0 saturated carbocycles. The molecular weight excluding hydrogens is 433 g/mol. The third kappa shape index (κ3) is 4.72. The summed E-state index contributed by atoms with van der Waals surface area (Å²) < 4.78 is 37.9. The average Bonchev–Trinajstić information content (AvgIpc) is 3.14. The third-order valence-corrected chi connectivity index (χ3v) is 5.49. The third-order valence-electron chi connectivity index (χ3n) is 5.49. The molecule has 0 bridgehead atoms. The first-order chi connectivity index (χ1) is 15.6. The molecule has 0 unspecified atom stereocenters. The van der Waals surface area contributed by atoms with Gasteiger partial charge in [-0.2, -0.15) is 13.2 Å². The molecule has 1 aliphatic rings. The lowest BCUT2D eigenvalue weighted by Crippen LogP contribution is -2.10. The Morgan fingerprint density at radius 1 is 1.06 bits per heavy atom. The molecule has 0 atom stereocenters. The van der Waals surface area contributed by atoms with Crippen molar-refractivity contribution in [3.63, 3.8) is 0 Å². The molecule has 1 aliphatic carbocycles. The predicted octanol–water partition coefficient (Wildman–Crippen LogP) is 5.17. The van der Waals surface area contributed by atoms with Gasteiger partial charge in [0.15, 0.2) is 5.78 Å². The van der Waals surface area contributed by atoms with Gasteiger partial charge in [-0.15, -0.1) is 0 Å². The van der Waals surface area contributed by atoms with E-state index in [1.165, 1.54) is 19.2 Å². The average molecular weight is 454 g/mol. The molecule has 0 saturated heterocycles. The molecule has 3 aromatic rings. The molecule has 33 heavy (non-hydrogen) atoms. The standard InChI is InChI=1S/C24H21F3N4O2/c1-13-9-22(29-11-15-3-8-21(28-10-15)24(25,26)27)30-12-18(13)16-4-6-19(31-14(2)32)23-17(16)5-7-20(23)33/h3-4,6,8-10,12H,5,7,11H2,1-2H3,(H,29,30)(H,31,32). The van der Waals surface area contributed by atoms with Gasteiger partial charge in [-0.25, -0.2) is 4.98 Å². The Kier molecular flexibility index (Phi) is 5.88. The van der Waals surface area contributed by atoms with Crippen molar-refractivity contribution in [3.8, 4) is 11.1 Å². The molecule has 0 aliphatic heterocycles. The van der Waals surface area contributed by atoms with Crippen LogP contribution in [0.3, 0.4) is 0 Å². The van der Waals surface area contributed by atoms with Gasteiger partial charge in [0.2, 0.25) is 5.91 Å². The molecule has 4 rings (SSSR count). The highest BCUT2D eigenvalue weighted by molar-refractivity contribution is 6.09. The highest BCUT2D eigenvalue weighted by Crippen LogP contribution is 2.38. The maximum atomic E-state index is 12.6. The molecular formula is C24H21F3N4O2. The van der Waals surface area contributed by atoms with Crippen LogP contribution >= 0.6 is 0 Å². The quantitative estimate of drug-likeness (QED) is 0.556.